The highest BCUT2D eigenvalue weighted by Crippen LogP contribution is 2.19. The van der Waals surface area contributed by atoms with E-state index in [9.17, 15) is 9.18 Å². The molecule has 1 N–H and O–H groups in total. The minimum absolute atomic E-state index is 0.176. The summed E-state index contributed by atoms with van der Waals surface area (Å²) < 4.78 is 18.4. The number of methoxy groups -OCH3 is 1. The van der Waals surface area contributed by atoms with Crippen molar-refractivity contribution in [3.05, 3.63) is 59.9 Å². The largest absolute Gasteiger partial charge is 0.494 e. The van der Waals surface area contributed by atoms with Gasteiger partial charge in [-0.1, -0.05) is 6.07 Å². The molecule has 0 unspecified atom stereocenters. The Morgan fingerprint density at radius 2 is 1.95 bits per heavy atom. The Morgan fingerprint density at radius 3 is 2.55 bits per heavy atom. The second-order valence-corrected chi connectivity index (χ2v) is 5.32. The van der Waals surface area contributed by atoms with Gasteiger partial charge in [-0.25, -0.2) is 4.39 Å². The van der Waals surface area contributed by atoms with Crippen molar-refractivity contribution in [3.63, 3.8) is 0 Å². The number of thioether (sulfide) groups is 1. The Hall–Kier alpha value is -2.27. The highest BCUT2D eigenvalue weighted by molar-refractivity contribution is 7.98. The summed E-state index contributed by atoms with van der Waals surface area (Å²) >= 11 is 1.64. The van der Waals surface area contributed by atoms with Gasteiger partial charge in [0.2, 0.25) is 5.91 Å². The lowest BCUT2D eigenvalue weighted by molar-refractivity contribution is -0.111. The van der Waals surface area contributed by atoms with Crippen LogP contribution in [0.3, 0.4) is 0 Å². The third-order valence-corrected chi connectivity index (χ3v) is 3.70. The molecular formula is C17H16FNO2S. The maximum absolute atomic E-state index is 13.5. The van der Waals surface area contributed by atoms with Gasteiger partial charge in [0.15, 0.2) is 11.6 Å². The summed E-state index contributed by atoms with van der Waals surface area (Å²) in [6.45, 7) is 0. The summed E-state index contributed by atoms with van der Waals surface area (Å²) in [4.78, 5) is 13.0. The van der Waals surface area contributed by atoms with E-state index in [0.29, 0.717) is 11.3 Å². The summed E-state index contributed by atoms with van der Waals surface area (Å²) in [5.74, 6) is -0.554. The Kier molecular flexibility index (Phi) is 5.61. The molecule has 0 atom stereocenters. The minimum atomic E-state index is -0.460. The summed E-state index contributed by atoms with van der Waals surface area (Å²) in [6.07, 6.45) is 4.90. The van der Waals surface area contributed by atoms with Crippen LogP contribution >= 0.6 is 11.8 Å². The van der Waals surface area contributed by atoms with E-state index in [-0.39, 0.29) is 11.7 Å². The molecule has 0 spiro atoms. The first-order valence-electron chi connectivity index (χ1n) is 6.59. The topological polar surface area (TPSA) is 38.3 Å². The molecule has 0 saturated carbocycles. The van der Waals surface area contributed by atoms with E-state index in [1.54, 1.807) is 23.9 Å². The van der Waals surface area contributed by atoms with Gasteiger partial charge in [0.05, 0.1) is 7.11 Å². The van der Waals surface area contributed by atoms with E-state index in [1.165, 1.54) is 25.3 Å². The average molecular weight is 317 g/mol. The van der Waals surface area contributed by atoms with Crippen LogP contribution in [0.1, 0.15) is 5.56 Å². The number of halogens is 1. The molecule has 2 aromatic carbocycles. The number of benzene rings is 2. The van der Waals surface area contributed by atoms with Gasteiger partial charge in [-0.05, 0) is 54.3 Å². The van der Waals surface area contributed by atoms with Crippen molar-refractivity contribution in [3.8, 4) is 5.75 Å². The van der Waals surface area contributed by atoms with Crippen molar-refractivity contribution in [2.45, 2.75) is 4.90 Å². The monoisotopic (exact) mass is 317 g/mol. The standard InChI is InChI=1S/C17H16FNO2S/c1-21-16-9-3-12(11-15(16)18)4-10-17(20)19-13-5-7-14(22-2)8-6-13/h3-11H,1-2H3,(H,19,20)/b10-4+. The predicted octanol–water partition coefficient (Wildman–Crippen LogP) is 4.21. The van der Waals surface area contributed by atoms with Crippen LogP contribution in [-0.2, 0) is 4.79 Å². The highest BCUT2D eigenvalue weighted by Gasteiger charge is 2.02. The van der Waals surface area contributed by atoms with Crippen LogP contribution in [-0.4, -0.2) is 19.3 Å². The van der Waals surface area contributed by atoms with Crippen LogP contribution < -0.4 is 10.1 Å². The number of anilines is 1. The van der Waals surface area contributed by atoms with E-state index in [2.05, 4.69) is 5.32 Å². The number of carbonyl (C=O) groups is 1. The lowest BCUT2D eigenvalue weighted by atomic mass is 10.2. The Bertz CT molecular complexity index is 684. The van der Waals surface area contributed by atoms with Gasteiger partial charge in [-0.15, -0.1) is 11.8 Å². The first kappa shape index (κ1) is 16.1. The molecule has 0 aliphatic rings. The molecule has 0 saturated heterocycles. The van der Waals surface area contributed by atoms with Crippen molar-refractivity contribution < 1.29 is 13.9 Å². The number of hydrogen-bond acceptors (Lipinski definition) is 3. The fourth-order valence-electron chi connectivity index (χ4n) is 1.82. The molecule has 0 aromatic heterocycles. The molecule has 0 radical (unpaired) electrons. The average Bonchev–Trinajstić information content (AvgIpc) is 2.54. The van der Waals surface area contributed by atoms with Crippen LogP contribution in [0, 0.1) is 5.82 Å². The van der Waals surface area contributed by atoms with Crippen molar-refractivity contribution >= 4 is 29.4 Å². The van der Waals surface area contributed by atoms with E-state index in [1.807, 2.05) is 30.5 Å². The molecule has 114 valence electrons. The van der Waals surface area contributed by atoms with E-state index >= 15 is 0 Å². The van der Waals surface area contributed by atoms with Crippen LogP contribution in [0.5, 0.6) is 5.75 Å². The molecule has 0 fully saturated rings. The third-order valence-electron chi connectivity index (χ3n) is 2.96. The van der Waals surface area contributed by atoms with Crippen LogP contribution in [0.2, 0.25) is 0 Å². The van der Waals surface area contributed by atoms with Crippen molar-refractivity contribution in [2.24, 2.45) is 0 Å². The quantitative estimate of drug-likeness (QED) is 0.663. The number of nitrogens with one attached hydrogen (secondary N) is 1. The number of rotatable bonds is 5. The van der Waals surface area contributed by atoms with Gasteiger partial charge in [0, 0.05) is 16.7 Å². The molecule has 0 heterocycles. The molecule has 1 amide bonds. The highest BCUT2D eigenvalue weighted by atomic mass is 32.2. The van der Waals surface area contributed by atoms with Gasteiger partial charge in [-0.3, -0.25) is 4.79 Å². The van der Waals surface area contributed by atoms with Crippen molar-refractivity contribution in [1.29, 1.82) is 0 Å². The molecule has 22 heavy (non-hydrogen) atoms. The molecule has 2 aromatic rings. The number of hydrogen-bond donors (Lipinski definition) is 1. The third kappa shape index (κ3) is 4.36. The van der Waals surface area contributed by atoms with Crippen LogP contribution in [0.25, 0.3) is 6.08 Å². The lowest BCUT2D eigenvalue weighted by Crippen LogP contribution is -2.07. The molecule has 0 aliphatic heterocycles. The molecule has 2 rings (SSSR count). The Labute approximate surface area is 133 Å². The molecule has 3 nitrogen and oxygen atoms in total. The summed E-state index contributed by atoms with van der Waals surface area (Å²) in [6, 6.07) is 12.1. The number of amides is 1. The van der Waals surface area contributed by atoms with Crippen LogP contribution in [0.4, 0.5) is 10.1 Å². The minimum Gasteiger partial charge on any atom is -0.494 e. The fraction of sp³-hybridized carbons (Fsp3) is 0.118. The van der Waals surface area contributed by atoms with Crippen molar-refractivity contribution in [2.75, 3.05) is 18.7 Å². The zero-order valence-electron chi connectivity index (χ0n) is 12.3. The molecule has 0 aliphatic carbocycles. The van der Waals surface area contributed by atoms with Gasteiger partial charge >= 0.3 is 0 Å². The first-order chi connectivity index (χ1) is 10.6. The zero-order chi connectivity index (χ0) is 15.9. The predicted molar refractivity (Wildman–Crippen MR) is 88.8 cm³/mol. The fourth-order valence-corrected chi connectivity index (χ4v) is 2.22. The summed E-state index contributed by atoms with van der Waals surface area (Å²) in [7, 11) is 1.41. The van der Waals surface area contributed by atoms with Crippen molar-refractivity contribution in [1.82, 2.24) is 0 Å². The van der Waals surface area contributed by atoms with Gasteiger partial charge in [-0.2, -0.15) is 0 Å². The van der Waals surface area contributed by atoms with E-state index in [4.69, 9.17) is 4.74 Å². The normalized spacial score (nSPS) is 10.7. The lowest BCUT2D eigenvalue weighted by Gasteiger charge is -2.03. The smallest absolute Gasteiger partial charge is 0.248 e. The van der Waals surface area contributed by atoms with Crippen LogP contribution in [0.15, 0.2) is 53.4 Å². The second kappa shape index (κ2) is 7.66. The Balaban J connectivity index is 1.99. The summed E-state index contributed by atoms with van der Waals surface area (Å²) in [5, 5.41) is 2.75. The molecule has 0 bridgehead atoms. The molecular weight excluding hydrogens is 301 g/mol. The second-order valence-electron chi connectivity index (χ2n) is 4.45. The van der Waals surface area contributed by atoms with E-state index in [0.717, 1.165) is 4.90 Å². The van der Waals surface area contributed by atoms with Gasteiger partial charge in [0.25, 0.3) is 0 Å². The SMILES string of the molecule is COc1ccc(/C=C/C(=O)Nc2ccc(SC)cc2)cc1F. The first-order valence-corrected chi connectivity index (χ1v) is 7.81. The zero-order valence-corrected chi connectivity index (χ0v) is 13.1. The van der Waals surface area contributed by atoms with E-state index < -0.39 is 5.82 Å². The van der Waals surface area contributed by atoms with Gasteiger partial charge < -0.3 is 10.1 Å². The number of carbonyl (C=O) groups excluding carboxylic acids is 1. The molecule has 5 heteroatoms. The summed E-state index contributed by atoms with van der Waals surface area (Å²) in [5.41, 5.74) is 1.31. The van der Waals surface area contributed by atoms with Gasteiger partial charge in [0.1, 0.15) is 0 Å². The maximum atomic E-state index is 13.5. The number of ether oxygens (including phenoxy) is 1. The Morgan fingerprint density at radius 1 is 1.23 bits per heavy atom. The maximum Gasteiger partial charge on any atom is 0.248 e.